The minimum absolute atomic E-state index is 0.277. The molecular formula is C10H12Br2N2O. The van der Waals surface area contributed by atoms with Gasteiger partial charge in [-0.2, -0.15) is 0 Å². The molecule has 2 rings (SSSR count). The van der Waals surface area contributed by atoms with Gasteiger partial charge in [0.1, 0.15) is 0 Å². The van der Waals surface area contributed by atoms with Gasteiger partial charge in [0.05, 0.1) is 22.9 Å². The predicted molar refractivity (Wildman–Crippen MR) is 67.7 cm³/mol. The van der Waals surface area contributed by atoms with Crippen LogP contribution in [0.2, 0.25) is 0 Å². The SMILES string of the molecule is BrCC1CN(c2ccncc2Br)CCO1. The average molecular weight is 336 g/mol. The Balaban J connectivity index is 2.13. The van der Waals surface area contributed by atoms with Crippen molar-refractivity contribution in [2.45, 2.75) is 6.10 Å². The summed E-state index contributed by atoms with van der Waals surface area (Å²) in [6, 6.07) is 2.03. The quantitative estimate of drug-likeness (QED) is 0.776. The first kappa shape index (κ1) is 11.4. The van der Waals surface area contributed by atoms with Gasteiger partial charge < -0.3 is 9.64 Å². The zero-order chi connectivity index (χ0) is 10.7. The Hall–Kier alpha value is -0.130. The van der Waals surface area contributed by atoms with Crippen LogP contribution in [0.5, 0.6) is 0 Å². The average Bonchev–Trinajstić information content (AvgIpc) is 2.30. The lowest BCUT2D eigenvalue weighted by atomic mass is 10.2. The second-order valence-electron chi connectivity index (χ2n) is 3.42. The van der Waals surface area contributed by atoms with E-state index in [1.807, 2.05) is 18.5 Å². The number of morpholine rings is 1. The Morgan fingerprint density at radius 1 is 1.60 bits per heavy atom. The third kappa shape index (κ3) is 2.71. The first-order valence-electron chi connectivity index (χ1n) is 4.83. The Kier molecular flexibility index (Phi) is 3.99. The molecule has 0 aromatic carbocycles. The molecule has 1 saturated heterocycles. The summed E-state index contributed by atoms with van der Waals surface area (Å²) in [5.74, 6) is 0. The number of hydrogen-bond donors (Lipinski definition) is 0. The van der Waals surface area contributed by atoms with Gasteiger partial charge in [-0.3, -0.25) is 4.98 Å². The van der Waals surface area contributed by atoms with Crippen molar-refractivity contribution in [2.75, 3.05) is 29.9 Å². The lowest BCUT2D eigenvalue weighted by Crippen LogP contribution is -2.43. The van der Waals surface area contributed by atoms with E-state index in [-0.39, 0.29) is 6.10 Å². The lowest BCUT2D eigenvalue weighted by molar-refractivity contribution is 0.0570. The second kappa shape index (κ2) is 5.27. The van der Waals surface area contributed by atoms with Gasteiger partial charge in [0.15, 0.2) is 0 Å². The zero-order valence-corrected chi connectivity index (χ0v) is 11.4. The van der Waals surface area contributed by atoms with E-state index in [2.05, 4.69) is 41.7 Å². The van der Waals surface area contributed by atoms with Crippen molar-refractivity contribution in [3.8, 4) is 0 Å². The summed E-state index contributed by atoms with van der Waals surface area (Å²) < 4.78 is 6.64. The summed E-state index contributed by atoms with van der Waals surface area (Å²) in [7, 11) is 0. The van der Waals surface area contributed by atoms with E-state index in [1.165, 1.54) is 5.69 Å². The van der Waals surface area contributed by atoms with E-state index in [9.17, 15) is 0 Å². The van der Waals surface area contributed by atoms with Crippen molar-refractivity contribution >= 4 is 37.5 Å². The van der Waals surface area contributed by atoms with Crippen LogP contribution in [0.1, 0.15) is 0 Å². The van der Waals surface area contributed by atoms with Crippen LogP contribution in [0.15, 0.2) is 22.9 Å². The second-order valence-corrected chi connectivity index (χ2v) is 4.92. The van der Waals surface area contributed by atoms with Crippen LogP contribution in [0.4, 0.5) is 5.69 Å². The van der Waals surface area contributed by atoms with Crippen LogP contribution < -0.4 is 4.90 Å². The van der Waals surface area contributed by atoms with E-state index in [1.54, 1.807) is 0 Å². The molecule has 0 N–H and O–H groups in total. The summed E-state index contributed by atoms with van der Waals surface area (Å²) in [6.45, 7) is 2.64. The summed E-state index contributed by atoms with van der Waals surface area (Å²) in [5, 5.41) is 0.881. The molecule has 0 aliphatic carbocycles. The Labute approximate surface area is 106 Å². The molecule has 1 fully saturated rings. The third-order valence-electron chi connectivity index (χ3n) is 2.40. The molecule has 82 valence electrons. The third-order valence-corrected chi connectivity index (χ3v) is 3.74. The highest BCUT2D eigenvalue weighted by Gasteiger charge is 2.20. The van der Waals surface area contributed by atoms with Crippen molar-refractivity contribution in [2.24, 2.45) is 0 Å². The lowest BCUT2D eigenvalue weighted by Gasteiger charge is -2.34. The molecule has 0 amide bonds. The van der Waals surface area contributed by atoms with Gasteiger partial charge >= 0.3 is 0 Å². The molecule has 15 heavy (non-hydrogen) atoms. The van der Waals surface area contributed by atoms with Crippen LogP contribution >= 0.6 is 31.9 Å². The predicted octanol–water partition coefficient (Wildman–Crippen LogP) is 2.44. The Morgan fingerprint density at radius 2 is 2.47 bits per heavy atom. The molecule has 1 aliphatic heterocycles. The van der Waals surface area contributed by atoms with Crippen molar-refractivity contribution in [3.05, 3.63) is 22.9 Å². The molecule has 5 heteroatoms. The van der Waals surface area contributed by atoms with E-state index < -0.39 is 0 Å². The van der Waals surface area contributed by atoms with E-state index in [0.717, 1.165) is 29.5 Å². The fourth-order valence-corrected chi connectivity index (χ4v) is 2.55. The summed E-state index contributed by atoms with van der Waals surface area (Å²) in [5.41, 5.74) is 1.19. The highest BCUT2D eigenvalue weighted by Crippen LogP contribution is 2.26. The molecule has 0 saturated carbocycles. The summed E-state index contributed by atoms with van der Waals surface area (Å²) >= 11 is 6.97. The van der Waals surface area contributed by atoms with Gasteiger partial charge in [0.2, 0.25) is 0 Å². The number of anilines is 1. The number of rotatable bonds is 2. The normalized spacial score (nSPS) is 21.7. The van der Waals surface area contributed by atoms with Crippen molar-refractivity contribution in [1.29, 1.82) is 0 Å². The standard InChI is InChI=1S/C10H12Br2N2O/c11-5-8-7-14(3-4-15-8)10-1-2-13-6-9(10)12/h1-2,6,8H,3-5,7H2. The summed E-state index contributed by atoms with van der Waals surface area (Å²) in [4.78, 5) is 6.39. The van der Waals surface area contributed by atoms with Crippen LogP contribution in [-0.4, -0.2) is 36.1 Å². The molecule has 1 aliphatic rings. The molecule has 1 unspecified atom stereocenters. The highest BCUT2D eigenvalue weighted by atomic mass is 79.9. The summed E-state index contributed by atoms with van der Waals surface area (Å²) in [6.07, 6.45) is 3.92. The number of hydrogen-bond acceptors (Lipinski definition) is 3. The number of aromatic nitrogens is 1. The number of ether oxygens (including phenoxy) is 1. The molecule has 0 bridgehead atoms. The first-order valence-corrected chi connectivity index (χ1v) is 6.74. The van der Waals surface area contributed by atoms with Crippen molar-refractivity contribution < 1.29 is 4.74 Å². The van der Waals surface area contributed by atoms with Gasteiger partial charge in [-0.25, -0.2) is 0 Å². The van der Waals surface area contributed by atoms with Gasteiger partial charge in [-0.05, 0) is 22.0 Å². The number of alkyl halides is 1. The topological polar surface area (TPSA) is 25.4 Å². The molecule has 2 heterocycles. The maximum atomic E-state index is 5.60. The van der Waals surface area contributed by atoms with Crippen molar-refractivity contribution in [3.63, 3.8) is 0 Å². The molecule has 1 aromatic rings. The van der Waals surface area contributed by atoms with E-state index in [0.29, 0.717) is 0 Å². The maximum Gasteiger partial charge on any atom is 0.0847 e. The molecule has 1 aromatic heterocycles. The van der Waals surface area contributed by atoms with Gasteiger partial charge in [0.25, 0.3) is 0 Å². The van der Waals surface area contributed by atoms with Gasteiger partial charge in [-0.1, -0.05) is 15.9 Å². The maximum absolute atomic E-state index is 5.60. The number of halogens is 2. The molecule has 0 radical (unpaired) electrons. The van der Waals surface area contributed by atoms with Crippen LogP contribution in [0.3, 0.4) is 0 Å². The largest absolute Gasteiger partial charge is 0.374 e. The minimum atomic E-state index is 0.277. The fourth-order valence-electron chi connectivity index (χ4n) is 1.66. The van der Waals surface area contributed by atoms with Crippen LogP contribution in [0, 0.1) is 0 Å². The van der Waals surface area contributed by atoms with Crippen LogP contribution in [0.25, 0.3) is 0 Å². The number of pyridine rings is 1. The van der Waals surface area contributed by atoms with Gasteiger partial charge in [-0.15, -0.1) is 0 Å². The highest BCUT2D eigenvalue weighted by molar-refractivity contribution is 9.10. The van der Waals surface area contributed by atoms with Gasteiger partial charge in [0, 0.05) is 30.8 Å². The number of nitrogens with zero attached hydrogens (tertiary/aromatic N) is 2. The molecule has 3 nitrogen and oxygen atoms in total. The molecular weight excluding hydrogens is 324 g/mol. The smallest absolute Gasteiger partial charge is 0.0847 e. The van der Waals surface area contributed by atoms with Crippen LogP contribution in [-0.2, 0) is 4.74 Å². The fraction of sp³-hybridized carbons (Fsp3) is 0.500. The first-order chi connectivity index (χ1) is 7.31. The zero-order valence-electron chi connectivity index (χ0n) is 8.20. The van der Waals surface area contributed by atoms with E-state index >= 15 is 0 Å². The monoisotopic (exact) mass is 334 g/mol. The molecule has 0 spiro atoms. The Morgan fingerprint density at radius 3 is 3.20 bits per heavy atom. The van der Waals surface area contributed by atoms with Crippen molar-refractivity contribution in [1.82, 2.24) is 4.98 Å². The molecule has 1 atom stereocenters. The van der Waals surface area contributed by atoms with E-state index in [4.69, 9.17) is 4.74 Å². The minimum Gasteiger partial charge on any atom is -0.374 e. The Bertz CT molecular complexity index is 335.